The molecule has 0 fully saturated rings. The van der Waals surface area contributed by atoms with Gasteiger partial charge in [0.2, 0.25) is 0 Å². The smallest absolute Gasteiger partial charge is 0.276 e. The van der Waals surface area contributed by atoms with E-state index in [0.717, 1.165) is 12.0 Å². The van der Waals surface area contributed by atoms with Crippen LogP contribution in [0, 0.1) is 15.9 Å². The van der Waals surface area contributed by atoms with Gasteiger partial charge in [0.25, 0.3) is 5.69 Å². The maximum Gasteiger partial charge on any atom is 0.276 e. The van der Waals surface area contributed by atoms with Crippen molar-refractivity contribution in [1.82, 2.24) is 0 Å². The van der Waals surface area contributed by atoms with E-state index in [1.807, 2.05) is 44.2 Å². The Kier molecular flexibility index (Phi) is 6.29. The minimum absolute atomic E-state index is 0.0639. The molecule has 128 valence electrons. The molecule has 1 atom stereocenters. The highest BCUT2D eigenvalue weighted by molar-refractivity contribution is 5.49. The summed E-state index contributed by atoms with van der Waals surface area (Å²) in [6.07, 6.45) is 2.19. The van der Waals surface area contributed by atoms with Gasteiger partial charge in [-0.3, -0.25) is 10.1 Å². The van der Waals surface area contributed by atoms with Crippen LogP contribution >= 0.6 is 0 Å². The Hall–Kier alpha value is -2.43. The van der Waals surface area contributed by atoms with Gasteiger partial charge in [-0.15, -0.1) is 0 Å². The van der Waals surface area contributed by atoms with Crippen LogP contribution in [0.2, 0.25) is 0 Å². The molecule has 0 aromatic heterocycles. The van der Waals surface area contributed by atoms with Gasteiger partial charge in [-0.05, 0) is 30.4 Å². The lowest BCUT2D eigenvalue weighted by Gasteiger charge is -2.17. The van der Waals surface area contributed by atoms with Gasteiger partial charge >= 0.3 is 0 Å². The molecule has 2 aromatic rings. The second-order valence-corrected chi connectivity index (χ2v) is 5.74. The Morgan fingerprint density at radius 2 is 1.88 bits per heavy atom. The lowest BCUT2D eigenvalue weighted by atomic mass is 9.90. The maximum atomic E-state index is 14.9. The standard InChI is InChI=1S/C19H22FNO3/c1-3-8-15(4-2)18-16(21(22)23)11-12-17(19(18)20)24-13-14-9-6-5-7-10-14/h5-7,9-12,15H,3-4,8,13H2,1-2H3. The fraction of sp³-hybridized carbons (Fsp3) is 0.368. The second-order valence-electron chi connectivity index (χ2n) is 5.74. The molecule has 0 saturated heterocycles. The van der Waals surface area contributed by atoms with E-state index in [4.69, 9.17) is 4.74 Å². The third kappa shape index (κ3) is 4.10. The molecule has 2 rings (SSSR count). The minimum Gasteiger partial charge on any atom is -0.486 e. The first-order valence-corrected chi connectivity index (χ1v) is 8.21. The van der Waals surface area contributed by atoms with Gasteiger partial charge in [0.05, 0.1) is 10.5 Å². The van der Waals surface area contributed by atoms with Crippen molar-refractivity contribution < 1.29 is 14.1 Å². The van der Waals surface area contributed by atoms with Crippen molar-refractivity contribution in [3.8, 4) is 5.75 Å². The Labute approximate surface area is 141 Å². The molecule has 4 nitrogen and oxygen atoms in total. The summed E-state index contributed by atoms with van der Waals surface area (Å²) >= 11 is 0. The fourth-order valence-corrected chi connectivity index (χ4v) is 2.86. The van der Waals surface area contributed by atoms with Crippen LogP contribution in [0.1, 0.15) is 50.2 Å². The normalized spacial score (nSPS) is 12.0. The predicted octanol–water partition coefficient (Wildman–Crippen LogP) is 5.61. The van der Waals surface area contributed by atoms with Gasteiger partial charge < -0.3 is 4.74 Å². The Morgan fingerprint density at radius 3 is 2.46 bits per heavy atom. The van der Waals surface area contributed by atoms with Crippen molar-refractivity contribution in [1.29, 1.82) is 0 Å². The van der Waals surface area contributed by atoms with E-state index in [-0.39, 0.29) is 29.5 Å². The molecule has 0 radical (unpaired) electrons. The molecule has 0 bridgehead atoms. The van der Waals surface area contributed by atoms with Crippen molar-refractivity contribution in [2.75, 3.05) is 0 Å². The number of hydrogen-bond acceptors (Lipinski definition) is 3. The van der Waals surface area contributed by atoms with Crippen LogP contribution in [0.25, 0.3) is 0 Å². The quantitative estimate of drug-likeness (QED) is 0.467. The van der Waals surface area contributed by atoms with E-state index in [2.05, 4.69) is 0 Å². The van der Waals surface area contributed by atoms with Crippen molar-refractivity contribution >= 4 is 5.69 Å². The van der Waals surface area contributed by atoms with Crippen LogP contribution in [0.3, 0.4) is 0 Å². The first-order valence-electron chi connectivity index (χ1n) is 8.21. The summed E-state index contributed by atoms with van der Waals surface area (Å²) in [5.41, 5.74) is 0.909. The average molecular weight is 331 g/mol. The van der Waals surface area contributed by atoms with Crippen LogP contribution in [-0.4, -0.2) is 4.92 Å². The predicted molar refractivity (Wildman–Crippen MR) is 91.8 cm³/mol. The summed E-state index contributed by atoms with van der Waals surface area (Å²) in [6, 6.07) is 12.1. The van der Waals surface area contributed by atoms with E-state index in [9.17, 15) is 14.5 Å². The van der Waals surface area contributed by atoms with Crippen molar-refractivity contribution in [3.63, 3.8) is 0 Å². The molecule has 0 saturated carbocycles. The summed E-state index contributed by atoms with van der Waals surface area (Å²) in [7, 11) is 0. The molecule has 0 aliphatic rings. The fourth-order valence-electron chi connectivity index (χ4n) is 2.86. The zero-order valence-electron chi connectivity index (χ0n) is 14.0. The van der Waals surface area contributed by atoms with Gasteiger partial charge in [0, 0.05) is 6.07 Å². The van der Waals surface area contributed by atoms with Crippen molar-refractivity contribution in [3.05, 3.63) is 69.5 Å². The first-order chi connectivity index (χ1) is 11.6. The monoisotopic (exact) mass is 331 g/mol. The van der Waals surface area contributed by atoms with Gasteiger partial charge in [-0.1, -0.05) is 50.6 Å². The summed E-state index contributed by atoms with van der Waals surface area (Å²) in [6.45, 7) is 4.13. The summed E-state index contributed by atoms with van der Waals surface area (Å²) in [5, 5.41) is 11.3. The van der Waals surface area contributed by atoms with Crippen LogP contribution < -0.4 is 4.74 Å². The number of nitro benzene ring substituents is 1. The topological polar surface area (TPSA) is 52.4 Å². The number of nitro groups is 1. The number of benzene rings is 2. The van der Waals surface area contributed by atoms with E-state index in [0.29, 0.717) is 12.8 Å². The van der Waals surface area contributed by atoms with Crippen LogP contribution in [0.5, 0.6) is 5.75 Å². The number of rotatable bonds is 8. The summed E-state index contributed by atoms with van der Waals surface area (Å²) in [5.74, 6) is -0.731. The molecule has 0 amide bonds. The molecule has 2 aromatic carbocycles. The van der Waals surface area contributed by atoms with Gasteiger partial charge in [-0.25, -0.2) is 4.39 Å². The van der Waals surface area contributed by atoms with Gasteiger partial charge in [0.1, 0.15) is 6.61 Å². The van der Waals surface area contributed by atoms with Crippen LogP contribution in [-0.2, 0) is 6.61 Å². The molecule has 0 aliphatic heterocycles. The maximum absolute atomic E-state index is 14.9. The van der Waals surface area contributed by atoms with Crippen molar-refractivity contribution in [2.24, 2.45) is 0 Å². The molecular weight excluding hydrogens is 309 g/mol. The molecular formula is C19H22FNO3. The Bertz CT molecular complexity index is 689. The largest absolute Gasteiger partial charge is 0.486 e. The molecule has 0 N–H and O–H groups in total. The van der Waals surface area contributed by atoms with Gasteiger partial charge in [0.15, 0.2) is 11.6 Å². The van der Waals surface area contributed by atoms with Crippen LogP contribution in [0.4, 0.5) is 10.1 Å². The van der Waals surface area contributed by atoms with E-state index in [1.54, 1.807) is 0 Å². The summed E-state index contributed by atoms with van der Waals surface area (Å²) < 4.78 is 20.5. The number of halogens is 1. The average Bonchev–Trinajstić information content (AvgIpc) is 2.59. The minimum atomic E-state index is -0.611. The molecule has 0 aliphatic carbocycles. The molecule has 0 heterocycles. The lowest BCUT2D eigenvalue weighted by Crippen LogP contribution is -2.08. The number of hydrogen-bond donors (Lipinski definition) is 0. The zero-order valence-corrected chi connectivity index (χ0v) is 14.0. The molecule has 1 unspecified atom stereocenters. The summed E-state index contributed by atoms with van der Waals surface area (Å²) in [4.78, 5) is 10.8. The third-order valence-electron chi connectivity index (χ3n) is 4.09. The number of ether oxygens (including phenoxy) is 1. The number of nitrogens with zero attached hydrogens (tertiary/aromatic N) is 1. The molecule has 5 heteroatoms. The van der Waals surface area contributed by atoms with Crippen LogP contribution in [0.15, 0.2) is 42.5 Å². The zero-order chi connectivity index (χ0) is 17.5. The van der Waals surface area contributed by atoms with E-state index >= 15 is 0 Å². The Morgan fingerprint density at radius 1 is 1.17 bits per heavy atom. The van der Waals surface area contributed by atoms with E-state index in [1.165, 1.54) is 12.1 Å². The SMILES string of the molecule is CCCC(CC)c1c([N+](=O)[O-])ccc(OCc2ccccc2)c1F. The highest BCUT2D eigenvalue weighted by Gasteiger charge is 2.27. The third-order valence-corrected chi connectivity index (χ3v) is 4.09. The Balaban J connectivity index is 2.34. The molecule has 24 heavy (non-hydrogen) atoms. The molecule has 0 spiro atoms. The van der Waals surface area contributed by atoms with Crippen molar-refractivity contribution in [2.45, 2.75) is 45.6 Å². The highest BCUT2D eigenvalue weighted by atomic mass is 19.1. The highest BCUT2D eigenvalue weighted by Crippen LogP contribution is 2.38. The van der Waals surface area contributed by atoms with E-state index < -0.39 is 10.7 Å². The van der Waals surface area contributed by atoms with Gasteiger partial charge in [-0.2, -0.15) is 0 Å². The lowest BCUT2D eigenvalue weighted by molar-refractivity contribution is -0.386. The first kappa shape index (κ1) is 17.9. The second kappa shape index (κ2) is 8.43.